The van der Waals surface area contributed by atoms with Crippen molar-refractivity contribution in [3.8, 4) is 0 Å². The Morgan fingerprint density at radius 1 is 1.29 bits per heavy atom. The maximum atomic E-state index is 5.82. The fourth-order valence-electron chi connectivity index (χ4n) is 2.13. The molecule has 1 aromatic rings. The molecule has 0 bridgehead atoms. The Balaban J connectivity index is 2.15. The van der Waals surface area contributed by atoms with Crippen molar-refractivity contribution in [1.29, 1.82) is 0 Å². The zero-order chi connectivity index (χ0) is 9.80. The van der Waals surface area contributed by atoms with E-state index in [4.69, 9.17) is 5.73 Å². The first-order chi connectivity index (χ1) is 6.92. The number of benzene rings is 1. The third kappa shape index (κ3) is 2.12. The van der Waals surface area contributed by atoms with Crippen LogP contribution in [0.1, 0.15) is 17.9 Å². The minimum atomic E-state index is 0.681. The lowest BCUT2D eigenvalue weighted by Crippen LogP contribution is -2.27. The second-order valence-corrected chi connectivity index (χ2v) is 5.03. The molecular weight excluding hydrogens is 190 g/mol. The van der Waals surface area contributed by atoms with Gasteiger partial charge in [0.1, 0.15) is 0 Å². The fourth-order valence-corrected chi connectivity index (χ4v) is 3.49. The first-order valence-corrected chi connectivity index (χ1v) is 6.40. The minimum Gasteiger partial charge on any atom is -0.330 e. The van der Waals surface area contributed by atoms with Gasteiger partial charge in [0, 0.05) is 5.75 Å². The van der Waals surface area contributed by atoms with Crippen molar-refractivity contribution in [3.05, 3.63) is 35.9 Å². The van der Waals surface area contributed by atoms with Gasteiger partial charge in [-0.2, -0.15) is 11.8 Å². The van der Waals surface area contributed by atoms with Gasteiger partial charge in [0.15, 0.2) is 0 Å². The summed E-state index contributed by atoms with van der Waals surface area (Å²) in [5.74, 6) is 3.90. The summed E-state index contributed by atoms with van der Waals surface area (Å²) in [6.45, 7) is 0.833. The van der Waals surface area contributed by atoms with Gasteiger partial charge in [-0.05, 0) is 36.1 Å². The average Bonchev–Trinajstić information content (AvgIpc) is 2.30. The molecule has 76 valence electrons. The van der Waals surface area contributed by atoms with Crippen LogP contribution in [0.2, 0.25) is 0 Å². The van der Waals surface area contributed by atoms with Crippen LogP contribution in [0.25, 0.3) is 0 Å². The third-order valence-corrected chi connectivity index (χ3v) is 4.15. The predicted octanol–water partition coefficient (Wildman–Crippen LogP) is 2.48. The van der Waals surface area contributed by atoms with Crippen molar-refractivity contribution in [1.82, 2.24) is 0 Å². The number of nitrogens with two attached hydrogens (primary N) is 1. The van der Waals surface area contributed by atoms with Crippen LogP contribution in [0.15, 0.2) is 30.3 Å². The molecular formula is C12H17NS. The molecule has 1 fully saturated rings. The van der Waals surface area contributed by atoms with Crippen LogP contribution in [0.5, 0.6) is 0 Å². The molecule has 0 aliphatic carbocycles. The molecule has 0 spiro atoms. The van der Waals surface area contributed by atoms with Crippen LogP contribution in [-0.4, -0.2) is 18.1 Å². The van der Waals surface area contributed by atoms with E-state index in [1.54, 1.807) is 0 Å². The standard InChI is InChI=1S/C12H17NS/c13-8-11-6-7-14-9-12(11)10-4-2-1-3-5-10/h1-5,11-12H,6-9,13H2. The lowest BCUT2D eigenvalue weighted by Gasteiger charge is -2.30. The van der Waals surface area contributed by atoms with Gasteiger partial charge in [0.25, 0.3) is 0 Å². The van der Waals surface area contributed by atoms with Crippen molar-refractivity contribution >= 4 is 11.8 Å². The van der Waals surface area contributed by atoms with E-state index in [2.05, 4.69) is 42.1 Å². The van der Waals surface area contributed by atoms with E-state index in [1.807, 2.05) is 0 Å². The SMILES string of the molecule is NCC1CCSCC1c1ccccc1. The molecule has 2 unspecified atom stereocenters. The minimum absolute atomic E-state index is 0.681. The van der Waals surface area contributed by atoms with Gasteiger partial charge < -0.3 is 5.73 Å². The highest BCUT2D eigenvalue weighted by Gasteiger charge is 2.25. The zero-order valence-electron chi connectivity index (χ0n) is 8.36. The second-order valence-electron chi connectivity index (χ2n) is 3.88. The van der Waals surface area contributed by atoms with Crippen LogP contribution in [0, 0.1) is 5.92 Å². The summed E-state index contributed by atoms with van der Waals surface area (Å²) in [6, 6.07) is 10.8. The van der Waals surface area contributed by atoms with E-state index in [0.29, 0.717) is 11.8 Å². The van der Waals surface area contributed by atoms with Gasteiger partial charge >= 0.3 is 0 Å². The molecule has 0 amide bonds. The van der Waals surface area contributed by atoms with Crippen LogP contribution in [0.3, 0.4) is 0 Å². The first kappa shape index (κ1) is 10.1. The molecule has 0 radical (unpaired) electrons. The summed E-state index contributed by atoms with van der Waals surface area (Å²) >= 11 is 2.06. The monoisotopic (exact) mass is 207 g/mol. The Labute approximate surface area is 90.1 Å². The van der Waals surface area contributed by atoms with Gasteiger partial charge in [-0.15, -0.1) is 0 Å². The molecule has 1 aliphatic heterocycles. The van der Waals surface area contributed by atoms with Crippen LogP contribution in [-0.2, 0) is 0 Å². The van der Waals surface area contributed by atoms with E-state index >= 15 is 0 Å². The summed E-state index contributed by atoms with van der Waals surface area (Å²) < 4.78 is 0. The van der Waals surface area contributed by atoms with Crippen molar-refractivity contribution in [3.63, 3.8) is 0 Å². The lowest BCUT2D eigenvalue weighted by molar-refractivity contribution is 0.440. The summed E-state index contributed by atoms with van der Waals surface area (Å²) in [5, 5.41) is 0. The van der Waals surface area contributed by atoms with E-state index in [0.717, 1.165) is 6.54 Å². The molecule has 1 nitrogen and oxygen atoms in total. The number of hydrogen-bond acceptors (Lipinski definition) is 2. The Kier molecular flexibility index (Phi) is 3.49. The van der Waals surface area contributed by atoms with Gasteiger partial charge in [0.2, 0.25) is 0 Å². The second kappa shape index (κ2) is 4.85. The maximum absolute atomic E-state index is 5.82. The lowest BCUT2D eigenvalue weighted by atomic mass is 9.85. The van der Waals surface area contributed by atoms with E-state index < -0.39 is 0 Å². The van der Waals surface area contributed by atoms with Gasteiger partial charge in [-0.25, -0.2) is 0 Å². The normalized spacial score (nSPS) is 27.5. The Morgan fingerprint density at radius 3 is 2.79 bits per heavy atom. The largest absolute Gasteiger partial charge is 0.330 e. The third-order valence-electron chi connectivity index (χ3n) is 3.03. The molecule has 2 heteroatoms. The maximum Gasteiger partial charge on any atom is 0.000462 e. The first-order valence-electron chi connectivity index (χ1n) is 5.24. The van der Waals surface area contributed by atoms with Gasteiger partial charge in [-0.1, -0.05) is 30.3 Å². The van der Waals surface area contributed by atoms with E-state index in [9.17, 15) is 0 Å². The molecule has 1 aromatic carbocycles. The highest BCUT2D eigenvalue weighted by molar-refractivity contribution is 7.99. The smallest absolute Gasteiger partial charge is 0.000462 e. The summed E-state index contributed by atoms with van der Waals surface area (Å²) in [7, 11) is 0. The van der Waals surface area contributed by atoms with Gasteiger partial charge in [-0.3, -0.25) is 0 Å². The van der Waals surface area contributed by atoms with Crippen LogP contribution >= 0.6 is 11.8 Å². The van der Waals surface area contributed by atoms with Crippen LogP contribution < -0.4 is 5.73 Å². The number of hydrogen-bond donors (Lipinski definition) is 1. The number of thioether (sulfide) groups is 1. The molecule has 1 saturated heterocycles. The predicted molar refractivity (Wildman–Crippen MR) is 63.7 cm³/mol. The summed E-state index contributed by atoms with van der Waals surface area (Å²) in [6.07, 6.45) is 1.28. The zero-order valence-corrected chi connectivity index (χ0v) is 9.17. The quantitative estimate of drug-likeness (QED) is 0.806. The molecule has 2 rings (SSSR count). The molecule has 0 aromatic heterocycles. The van der Waals surface area contributed by atoms with Crippen molar-refractivity contribution in [2.75, 3.05) is 18.1 Å². The molecule has 2 atom stereocenters. The Hall–Kier alpha value is -0.470. The topological polar surface area (TPSA) is 26.0 Å². The van der Waals surface area contributed by atoms with Crippen molar-refractivity contribution in [2.45, 2.75) is 12.3 Å². The highest BCUT2D eigenvalue weighted by Crippen LogP contribution is 2.35. The van der Waals surface area contributed by atoms with Crippen molar-refractivity contribution in [2.24, 2.45) is 11.7 Å². The van der Waals surface area contributed by atoms with E-state index in [1.165, 1.54) is 23.5 Å². The Bertz CT molecular complexity index is 273. The summed E-state index contributed by atoms with van der Waals surface area (Å²) in [4.78, 5) is 0. The molecule has 2 N–H and O–H groups in total. The van der Waals surface area contributed by atoms with E-state index in [-0.39, 0.29) is 0 Å². The molecule has 1 aliphatic rings. The average molecular weight is 207 g/mol. The van der Waals surface area contributed by atoms with Gasteiger partial charge in [0.05, 0.1) is 0 Å². The van der Waals surface area contributed by atoms with Crippen molar-refractivity contribution < 1.29 is 0 Å². The highest BCUT2D eigenvalue weighted by atomic mass is 32.2. The Morgan fingerprint density at radius 2 is 2.07 bits per heavy atom. The molecule has 1 heterocycles. The molecule has 0 saturated carbocycles. The summed E-state index contributed by atoms with van der Waals surface area (Å²) in [5.41, 5.74) is 7.29. The molecule has 14 heavy (non-hydrogen) atoms. The number of rotatable bonds is 2. The fraction of sp³-hybridized carbons (Fsp3) is 0.500. The van der Waals surface area contributed by atoms with Crippen LogP contribution in [0.4, 0.5) is 0 Å².